The number of esters is 1. The Hall–Kier alpha value is -2.19. The lowest BCUT2D eigenvalue weighted by molar-refractivity contribution is -0.163. The SMILES string of the molecule is CCCCCN1CC=C[C@]23O[C@]4(CC)/C=C\CCCOC(=O)[C@@H]4[C@H]2C(=O)N([C@@H](CO)CC(C)C)C3C1=O. The third-order valence-corrected chi connectivity index (χ3v) is 8.53. The Bertz CT molecular complexity index is 931. The van der Waals surface area contributed by atoms with Crippen LogP contribution in [0, 0.1) is 17.8 Å². The van der Waals surface area contributed by atoms with Crippen molar-refractivity contribution < 1.29 is 29.0 Å². The summed E-state index contributed by atoms with van der Waals surface area (Å²) < 4.78 is 12.6. The van der Waals surface area contributed by atoms with Gasteiger partial charge >= 0.3 is 5.97 Å². The van der Waals surface area contributed by atoms with Gasteiger partial charge in [0.25, 0.3) is 0 Å². The second-order valence-corrected chi connectivity index (χ2v) is 11.4. The lowest BCUT2D eigenvalue weighted by Gasteiger charge is -2.41. The lowest BCUT2D eigenvalue weighted by atomic mass is 9.73. The maximum absolute atomic E-state index is 14.4. The summed E-state index contributed by atoms with van der Waals surface area (Å²) in [6.45, 7) is 9.18. The molecule has 206 valence electrons. The molecule has 8 heteroatoms. The molecule has 6 atom stereocenters. The van der Waals surface area contributed by atoms with Crippen molar-refractivity contribution in [3.8, 4) is 0 Å². The minimum Gasteiger partial charge on any atom is -0.465 e. The number of ether oxygens (including phenoxy) is 2. The van der Waals surface area contributed by atoms with E-state index in [0.29, 0.717) is 32.4 Å². The molecule has 8 nitrogen and oxygen atoms in total. The number of hydrogen-bond acceptors (Lipinski definition) is 6. The number of fused-ring (bicyclic) bond motifs is 2. The predicted octanol–water partition coefficient (Wildman–Crippen LogP) is 3.24. The van der Waals surface area contributed by atoms with Gasteiger partial charge in [0.15, 0.2) is 0 Å². The molecule has 0 aromatic carbocycles. The van der Waals surface area contributed by atoms with E-state index >= 15 is 0 Å². The fourth-order valence-electron chi connectivity index (χ4n) is 6.83. The van der Waals surface area contributed by atoms with Crippen LogP contribution in [0.15, 0.2) is 24.3 Å². The zero-order chi connectivity index (χ0) is 26.8. The summed E-state index contributed by atoms with van der Waals surface area (Å²) in [6, 6.07) is -1.49. The molecule has 0 radical (unpaired) electrons. The highest BCUT2D eigenvalue weighted by molar-refractivity contribution is 5.99. The Labute approximate surface area is 221 Å². The molecule has 0 bridgehead atoms. The van der Waals surface area contributed by atoms with Crippen LogP contribution in [0.5, 0.6) is 0 Å². The van der Waals surface area contributed by atoms with Crippen LogP contribution in [0.3, 0.4) is 0 Å². The summed E-state index contributed by atoms with van der Waals surface area (Å²) >= 11 is 0. The fourth-order valence-corrected chi connectivity index (χ4v) is 6.83. The van der Waals surface area contributed by atoms with Gasteiger partial charge in [-0.25, -0.2) is 0 Å². The molecule has 4 rings (SSSR count). The summed E-state index contributed by atoms with van der Waals surface area (Å²) in [7, 11) is 0. The molecule has 2 fully saturated rings. The third kappa shape index (κ3) is 4.76. The molecule has 2 amide bonds. The van der Waals surface area contributed by atoms with Crippen LogP contribution in [-0.2, 0) is 23.9 Å². The highest BCUT2D eigenvalue weighted by atomic mass is 16.6. The molecule has 0 aromatic rings. The maximum Gasteiger partial charge on any atom is 0.313 e. The van der Waals surface area contributed by atoms with Gasteiger partial charge in [0.1, 0.15) is 23.2 Å². The highest BCUT2D eigenvalue weighted by Gasteiger charge is 2.75. The molecule has 37 heavy (non-hydrogen) atoms. The first-order valence-electron chi connectivity index (χ1n) is 14.2. The van der Waals surface area contributed by atoms with E-state index in [2.05, 4.69) is 6.92 Å². The first-order valence-corrected chi connectivity index (χ1v) is 14.2. The monoisotopic (exact) mass is 516 g/mol. The van der Waals surface area contributed by atoms with Crippen molar-refractivity contribution in [2.75, 3.05) is 26.3 Å². The number of carbonyl (C=O) groups excluding carboxylic acids is 3. The topological polar surface area (TPSA) is 96.4 Å². The van der Waals surface area contributed by atoms with Crippen LogP contribution < -0.4 is 0 Å². The van der Waals surface area contributed by atoms with Gasteiger partial charge in [-0.05, 0) is 38.0 Å². The van der Waals surface area contributed by atoms with Crippen LogP contribution in [0.25, 0.3) is 0 Å². The van der Waals surface area contributed by atoms with Gasteiger partial charge < -0.3 is 24.4 Å². The molecule has 0 aromatic heterocycles. The lowest BCUT2D eigenvalue weighted by Crippen LogP contribution is -2.59. The Kier molecular flexibility index (Phi) is 8.48. The largest absolute Gasteiger partial charge is 0.465 e. The van der Waals surface area contributed by atoms with E-state index in [9.17, 15) is 19.5 Å². The molecular formula is C29H44N2O6. The van der Waals surface area contributed by atoms with Gasteiger partial charge in [0.05, 0.1) is 25.2 Å². The number of aliphatic hydroxyl groups excluding tert-OH is 1. The van der Waals surface area contributed by atoms with E-state index in [-0.39, 0.29) is 30.9 Å². The Balaban J connectivity index is 1.86. The van der Waals surface area contributed by atoms with E-state index < -0.39 is 41.1 Å². The molecule has 0 aliphatic carbocycles. The first-order chi connectivity index (χ1) is 17.8. The zero-order valence-electron chi connectivity index (χ0n) is 22.9. The third-order valence-electron chi connectivity index (χ3n) is 8.53. The van der Waals surface area contributed by atoms with Crippen LogP contribution >= 0.6 is 0 Å². The number of aliphatic hydroxyl groups is 1. The van der Waals surface area contributed by atoms with E-state index in [1.54, 1.807) is 9.80 Å². The number of likely N-dealkylation sites (tertiary alicyclic amines) is 1. The molecule has 2 saturated heterocycles. The second kappa shape index (κ2) is 11.3. The summed E-state index contributed by atoms with van der Waals surface area (Å²) in [5.74, 6) is -2.48. The van der Waals surface area contributed by atoms with E-state index in [4.69, 9.17) is 9.47 Å². The number of allylic oxidation sites excluding steroid dienone is 1. The second-order valence-electron chi connectivity index (χ2n) is 11.4. The number of amides is 2. The van der Waals surface area contributed by atoms with Crippen LogP contribution in [0.1, 0.15) is 72.6 Å². The van der Waals surface area contributed by atoms with Crippen molar-refractivity contribution >= 4 is 17.8 Å². The molecule has 4 heterocycles. The van der Waals surface area contributed by atoms with E-state index in [0.717, 1.165) is 25.7 Å². The number of carbonyl (C=O) groups is 3. The zero-order valence-corrected chi connectivity index (χ0v) is 22.9. The molecule has 4 aliphatic heterocycles. The Morgan fingerprint density at radius 3 is 2.54 bits per heavy atom. The number of hydrogen-bond donors (Lipinski definition) is 1. The average molecular weight is 517 g/mol. The van der Waals surface area contributed by atoms with Crippen LogP contribution in [0.2, 0.25) is 0 Å². The fraction of sp³-hybridized carbons (Fsp3) is 0.759. The summed E-state index contributed by atoms with van der Waals surface area (Å²) in [5.41, 5.74) is -2.35. The number of unbranched alkanes of at least 4 members (excludes halogenated alkanes) is 2. The number of rotatable bonds is 9. The van der Waals surface area contributed by atoms with Crippen LogP contribution in [-0.4, -0.2) is 82.3 Å². The van der Waals surface area contributed by atoms with E-state index in [1.165, 1.54) is 0 Å². The van der Waals surface area contributed by atoms with Crippen molar-refractivity contribution in [1.82, 2.24) is 9.80 Å². The first kappa shape index (κ1) is 27.8. The molecule has 4 aliphatic rings. The quantitative estimate of drug-likeness (QED) is 0.287. The van der Waals surface area contributed by atoms with Crippen molar-refractivity contribution in [2.45, 2.75) is 95.9 Å². The maximum atomic E-state index is 14.4. The van der Waals surface area contributed by atoms with Crippen molar-refractivity contribution in [3.63, 3.8) is 0 Å². The van der Waals surface area contributed by atoms with E-state index in [1.807, 2.05) is 45.1 Å². The van der Waals surface area contributed by atoms with Gasteiger partial charge in [-0.3, -0.25) is 14.4 Å². The minimum atomic E-state index is -1.30. The Morgan fingerprint density at radius 1 is 1.08 bits per heavy atom. The number of nitrogens with zero attached hydrogens (tertiary/aromatic N) is 2. The van der Waals surface area contributed by atoms with Crippen molar-refractivity contribution in [3.05, 3.63) is 24.3 Å². The smallest absolute Gasteiger partial charge is 0.313 e. The van der Waals surface area contributed by atoms with Gasteiger partial charge in [0.2, 0.25) is 11.8 Å². The van der Waals surface area contributed by atoms with Gasteiger partial charge in [0, 0.05) is 13.1 Å². The van der Waals surface area contributed by atoms with Crippen molar-refractivity contribution in [2.24, 2.45) is 17.8 Å². The van der Waals surface area contributed by atoms with Gasteiger partial charge in [-0.15, -0.1) is 0 Å². The summed E-state index contributed by atoms with van der Waals surface area (Å²) in [6.07, 6.45) is 13.1. The summed E-state index contributed by atoms with van der Waals surface area (Å²) in [4.78, 5) is 45.6. The standard InChI is InChI=1S/C29H44N2O6/c1-5-7-10-15-30-16-12-14-29-22(23-27(35)36-17-11-8-9-13-28(23,6-2)37-29)25(33)31(24(29)26(30)34)21(19-32)18-20(3)4/h9,12-14,20-24,32H,5-8,10-11,15-19H2,1-4H3/b13-9-/t21-,22+,23+,24?,28-,29+/m1/s1. The normalized spacial score (nSPS) is 35.3. The molecule has 0 saturated carbocycles. The van der Waals surface area contributed by atoms with Gasteiger partial charge in [-0.1, -0.05) is 64.8 Å². The molecule has 1 N–H and O–H groups in total. The van der Waals surface area contributed by atoms with Gasteiger partial charge in [-0.2, -0.15) is 0 Å². The minimum absolute atomic E-state index is 0.172. The molecule has 1 unspecified atom stereocenters. The highest BCUT2D eigenvalue weighted by Crippen LogP contribution is 2.58. The Morgan fingerprint density at radius 2 is 1.86 bits per heavy atom. The number of cyclic esters (lactones) is 1. The average Bonchev–Trinajstić information content (AvgIpc) is 3.26. The summed E-state index contributed by atoms with van der Waals surface area (Å²) in [5, 5.41) is 10.4. The predicted molar refractivity (Wildman–Crippen MR) is 139 cm³/mol. The van der Waals surface area contributed by atoms with Crippen molar-refractivity contribution in [1.29, 1.82) is 0 Å². The molecule has 1 spiro atoms. The molecular weight excluding hydrogens is 472 g/mol. The van der Waals surface area contributed by atoms with Crippen LogP contribution in [0.4, 0.5) is 0 Å².